The Hall–Kier alpha value is -1.80. The van der Waals surface area contributed by atoms with Crippen molar-refractivity contribution >= 4 is 5.69 Å². The maximum absolute atomic E-state index is 11.4. The maximum Gasteiger partial charge on any atom is 0.348 e. The highest BCUT2D eigenvalue weighted by molar-refractivity contribution is 5.20. The Bertz CT molecular complexity index is 475. The normalized spacial score (nSPS) is 10.7. The first-order valence-electron chi connectivity index (χ1n) is 6.64. The molecule has 112 valence electrons. The molecule has 0 aliphatic heterocycles. The molecule has 20 heavy (non-hydrogen) atoms. The molecule has 0 amide bonds. The Morgan fingerprint density at radius 2 is 2.25 bits per heavy atom. The predicted octanol–water partition coefficient (Wildman–Crippen LogP) is 0.558. The van der Waals surface area contributed by atoms with E-state index in [4.69, 9.17) is 4.74 Å². The Labute approximate surface area is 116 Å². The molecule has 0 aliphatic rings. The molecular formula is C12H20N4O4. The van der Waals surface area contributed by atoms with E-state index in [2.05, 4.69) is 17.2 Å². The van der Waals surface area contributed by atoms with Crippen LogP contribution in [0.15, 0.2) is 17.2 Å². The molecule has 1 N–H and O–H groups in total. The second-order valence-corrected chi connectivity index (χ2v) is 4.26. The van der Waals surface area contributed by atoms with Crippen molar-refractivity contribution in [1.29, 1.82) is 0 Å². The zero-order valence-electron chi connectivity index (χ0n) is 11.6. The first-order chi connectivity index (χ1) is 9.65. The van der Waals surface area contributed by atoms with Gasteiger partial charge in [0.1, 0.15) is 6.20 Å². The molecule has 0 radical (unpaired) electrons. The van der Waals surface area contributed by atoms with Gasteiger partial charge in [-0.1, -0.05) is 13.3 Å². The van der Waals surface area contributed by atoms with Gasteiger partial charge in [-0.25, -0.2) is 4.79 Å². The molecule has 1 aromatic heterocycles. The number of hydrogen-bond donors (Lipinski definition) is 1. The van der Waals surface area contributed by atoms with E-state index in [-0.39, 0.29) is 5.69 Å². The van der Waals surface area contributed by atoms with Gasteiger partial charge in [0.05, 0.1) is 17.7 Å². The summed E-state index contributed by atoms with van der Waals surface area (Å²) in [5.74, 6) is 0. The monoisotopic (exact) mass is 284 g/mol. The van der Waals surface area contributed by atoms with Crippen LogP contribution in [0.5, 0.6) is 0 Å². The van der Waals surface area contributed by atoms with Crippen LogP contribution >= 0.6 is 0 Å². The summed E-state index contributed by atoms with van der Waals surface area (Å²) in [6, 6.07) is 0. The van der Waals surface area contributed by atoms with Crippen molar-refractivity contribution in [3.05, 3.63) is 33.0 Å². The summed E-state index contributed by atoms with van der Waals surface area (Å²) >= 11 is 0. The summed E-state index contributed by atoms with van der Waals surface area (Å²) in [5, 5.41) is 13.7. The van der Waals surface area contributed by atoms with Crippen LogP contribution in [-0.2, 0) is 11.3 Å². The van der Waals surface area contributed by atoms with Gasteiger partial charge < -0.3 is 10.1 Å². The van der Waals surface area contributed by atoms with Gasteiger partial charge in [0.15, 0.2) is 0 Å². The third kappa shape index (κ3) is 5.89. The predicted molar refractivity (Wildman–Crippen MR) is 73.7 cm³/mol. The van der Waals surface area contributed by atoms with E-state index in [1.807, 2.05) is 0 Å². The van der Waals surface area contributed by atoms with Gasteiger partial charge in [-0.3, -0.25) is 14.7 Å². The zero-order valence-corrected chi connectivity index (χ0v) is 11.6. The molecule has 8 nitrogen and oxygen atoms in total. The molecule has 0 fully saturated rings. The van der Waals surface area contributed by atoms with Crippen LogP contribution in [0.4, 0.5) is 5.69 Å². The van der Waals surface area contributed by atoms with Gasteiger partial charge in [0.25, 0.3) is 0 Å². The second-order valence-electron chi connectivity index (χ2n) is 4.26. The van der Waals surface area contributed by atoms with Crippen LogP contribution in [0.3, 0.4) is 0 Å². The quantitative estimate of drug-likeness (QED) is 0.383. The maximum atomic E-state index is 11.4. The Morgan fingerprint density at radius 1 is 1.45 bits per heavy atom. The molecule has 0 saturated carbocycles. The van der Waals surface area contributed by atoms with Gasteiger partial charge in [0, 0.05) is 26.2 Å². The van der Waals surface area contributed by atoms with Crippen LogP contribution in [0, 0.1) is 10.1 Å². The van der Waals surface area contributed by atoms with Gasteiger partial charge in [0.2, 0.25) is 0 Å². The van der Waals surface area contributed by atoms with Gasteiger partial charge in [-0.15, -0.1) is 0 Å². The van der Waals surface area contributed by atoms with Crippen molar-refractivity contribution in [2.24, 2.45) is 0 Å². The Kier molecular flexibility index (Phi) is 7.44. The lowest BCUT2D eigenvalue weighted by Gasteiger charge is -2.07. The molecule has 0 spiro atoms. The van der Waals surface area contributed by atoms with Crippen molar-refractivity contribution < 1.29 is 9.66 Å². The van der Waals surface area contributed by atoms with Crippen molar-refractivity contribution in [3.8, 4) is 0 Å². The molecule has 1 rings (SSSR count). The second kappa shape index (κ2) is 9.16. The summed E-state index contributed by atoms with van der Waals surface area (Å²) in [6.07, 6.45) is 4.33. The molecule has 0 aliphatic carbocycles. The fraction of sp³-hybridized carbons (Fsp3) is 0.667. The molecule has 0 aromatic carbocycles. The van der Waals surface area contributed by atoms with Crippen LogP contribution in [-0.4, -0.2) is 40.8 Å². The van der Waals surface area contributed by atoms with Crippen molar-refractivity contribution in [2.45, 2.75) is 26.3 Å². The third-order valence-electron chi connectivity index (χ3n) is 2.65. The number of rotatable bonds is 10. The molecule has 0 atom stereocenters. The lowest BCUT2D eigenvalue weighted by Crippen LogP contribution is -2.30. The van der Waals surface area contributed by atoms with Crippen LogP contribution in [0.25, 0.3) is 0 Å². The largest absolute Gasteiger partial charge is 0.380 e. The number of unbranched alkanes of at least 4 members (excludes halogenated alkanes) is 1. The minimum Gasteiger partial charge on any atom is -0.380 e. The number of ether oxygens (including phenoxy) is 1. The van der Waals surface area contributed by atoms with E-state index in [0.29, 0.717) is 26.2 Å². The molecule has 8 heteroatoms. The summed E-state index contributed by atoms with van der Waals surface area (Å²) in [5.41, 5.74) is -0.677. The standard InChI is InChI=1S/C12H20N4O4/c1-2-3-7-20-8-5-13-4-6-15-10-11(16(18)19)9-14-12(15)17/h9-10,13H,2-8H2,1H3. The summed E-state index contributed by atoms with van der Waals surface area (Å²) in [7, 11) is 0. The average Bonchev–Trinajstić information content (AvgIpc) is 2.43. The minimum absolute atomic E-state index is 0.188. The van der Waals surface area contributed by atoms with E-state index in [9.17, 15) is 14.9 Å². The number of nitrogens with one attached hydrogen (secondary N) is 1. The van der Waals surface area contributed by atoms with E-state index in [1.165, 1.54) is 10.8 Å². The summed E-state index contributed by atoms with van der Waals surface area (Å²) in [4.78, 5) is 24.9. The molecule has 1 aromatic rings. The Morgan fingerprint density at radius 3 is 2.95 bits per heavy atom. The lowest BCUT2D eigenvalue weighted by molar-refractivity contribution is -0.385. The highest BCUT2D eigenvalue weighted by atomic mass is 16.6. The Balaban J connectivity index is 2.26. The fourth-order valence-electron chi connectivity index (χ4n) is 1.52. The highest BCUT2D eigenvalue weighted by Crippen LogP contribution is 2.03. The van der Waals surface area contributed by atoms with Crippen LogP contribution < -0.4 is 11.0 Å². The van der Waals surface area contributed by atoms with Crippen molar-refractivity contribution in [3.63, 3.8) is 0 Å². The first-order valence-corrected chi connectivity index (χ1v) is 6.64. The van der Waals surface area contributed by atoms with Crippen molar-refractivity contribution in [1.82, 2.24) is 14.9 Å². The number of hydrogen-bond acceptors (Lipinski definition) is 6. The topological polar surface area (TPSA) is 99.3 Å². The first kappa shape index (κ1) is 16.3. The van der Waals surface area contributed by atoms with E-state index in [1.54, 1.807) is 0 Å². The van der Waals surface area contributed by atoms with Crippen LogP contribution in [0.1, 0.15) is 19.8 Å². The zero-order chi connectivity index (χ0) is 14.8. The SMILES string of the molecule is CCCCOCCNCCn1cc([N+](=O)[O-])cnc1=O. The van der Waals surface area contributed by atoms with Crippen molar-refractivity contribution in [2.75, 3.05) is 26.3 Å². The van der Waals surface area contributed by atoms with E-state index in [0.717, 1.165) is 25.6 Å². The number of nitrogens with zero attached hydrogens (tertiary/aromatic N) is 3. The lowest BCUT2D eigenvalue weighted by atomic mass is 10.4. The minimum atomic E-state index is -0.571. The summed E-state index contributed by atoms with van der Waals surface area (Å²) in [6.45, 7) is 5.02. The smallest absolute Gasteiger partial charge is 0.348 e. The van der Waals surface area contributed by atoms with Gasteiger partial charge >= 0.3 is 11.4 Å². The van der Waals surface area contributed by atoms with Gasteiger partial charge in [-0.2, -0.15) is 4.98 Å². The molecule has 0 bridgehead atoms. The summed E-state index contributed by atoms with van der Waals surface area (Å²) < 4.78 is 6.59. The van der Waals surface area contributed by atoms with Gasteiger partial charge in [-0.05, 0) is 6.42 Å². The number of nitro groups is 1. The average molecular weight is 284 g/mol. The molecular weight excluding hydrogens is 264 g/mol. The van der Waals surface area contributed by atoms with E-state index < -0.39 is 10.6 Å². The number of aromatic nitrogens is 2. The van der Waals surface area contributed by atoms with E-state index >= 15 is 0 Å². The molecule has 1 heterocycles. The van der Waals surface area contributed by atoms with Crippen LogP contribution in [0.2, 0.25) is 0 Å². The third-order valence-corrected chi connectivity index (χ3v) is 2.65. The fourth-order valence-corrected chi connectivity index (χ4v) is 1.52. The molecule has 0 unspecified atom stereocenters. The molecule has 0 saturated heterocycles. The highest BCUT2D eigenvalue weighted by Gasteiger charge is 2.08.